The summed E-state index contributed by atoms with van der Waals surface area (Å²) in [4.78, 5) is 6.89. The number of allylic oxidation sites excluding steroid dienone is 5. The Kier molecular flexibility index (Phi) is 6.92. The number of nitrogens with zero attached hydrogens (tertiary/aromatic N) is 2. The van der Waals surface area contributed by atoms with Crippen LogP contribution in [-0.2, 0) is 5.60 Å². The molecular weight excluding hydrogens is 472 g/mol. The summed E-state index contributed by atoms with van der Waals surface area (Å²) in [5.74, 6) is 1.13. The molecule has 3 heterocycles. The minimum Gasteiger partial charge on any atom is -0.438 e. The number of fused-ring (bicyclic) bond motifs is 2. The molecule has 1 aliphatic carbocycles. The minimum absolute atomic E-state index is 0.178. The molecule has 5 rings (SSSR count). The number of halogens is 1. The van der Waals surface area contributed by atoms with Crippen molar-refractivity contribution in [1.82, 2.24) is 9.88 Å². The first-order chi connectivity index (χ1) is 17.2. The van der Waals surface area contributed by atoms with E-state index in [1.165, 1.54) is 0 Å². The van der Waals surface area contributed by atoms with Crippen molar-refractivity contribution in [3.63, 3.8) is 0 Å². The molecule has 0 saturated carbocycles. The summed E-state index contributed by atoms with van der Waals surface area (Å²) in [6.07, 6.45) is 14.3. The van der Waals surface area contributed by atoms with Crippen LogP contribution < -0.4 is 4.74 Å². The van der Waals surface area contributed by atoms with Crippen LogP contribution in [0.2, 0.25) is 5.02 Å². The lowest BCUT2D eigenvalue weighted by molar-refractivity contribution is -0.0254. The predicted octanol–water partition coefficient (Wildman–Crippen LogP) is 5.65. The maximum Gasteiger partial charge on any atom is 0.227 e. The van der Waals surface area contributed by atoms with Gasteiger partial charge in [0, 0.05) is 47.9 Å². The van der Waals surface area contributed by atoms with Crippen molar-refractivity contribution in [3.05, 3.63) is 100 Å². The Morgan fingerprint density at radius 1 is 1.19 bits per heavy atom. The van der Waals surface area contributed by atoms with Gasteiger partial charge in [0.15, 0.2) is 0 Å². The fourth-order valence-corrected chi connectivity index (χ4v) is 5.41. The molecule has 0 bridgehead atoms. The smallest absolute Gasteiger partial charge is 0.227 e. The summed E-state index contributed by atoms with van der Waals surface area (Å²) in [5.41, 5.74) is 2.18. The molecule has 1 fully saturated rings. The van der Waals surface area contributed by atoms with E-state index in [0.29, 0.717) is 23.7 Å². The lowest BCUT2D eigenvalue weighted by Crippen LogP contribution is -2.42. The highest BCUT2D eigenvalue weighted by Crippen LogP contribution is 2.41. The fraction of sp³-hybridized carbons (Fsp3) is 0.367. The van der Waals surface area contributed by atoms with Gasteiger partial charge in [-0.25, -0.2) is 4.98 Å². The second kappa shape index (κ2) is 9.98. The van der Waals surface area contributed by atoms with Gasteiger partial charge in [-0.15, -0.1) is 0 Å². The Labute approximate surface area is 218 Å². The lowest BCUT2D eigenvalue weighted by atomic mass is 9.80. The highest BCUT2D eigenvalue weighted by molar-refractivity contribution is 6.30. The van der Waals surface area contributed by atoms with Crippen LogP contribution in [0, 0.1) is 5.92 Å². The summed E-state index contributed by atoms with van der Waals surface area (Å²) in [6.45, 7) is 6.23. The SMILES string of the molecule is CC(C)(O)C1C=CC=C2Oc3ncccc3C(=CCCN3CCC(O)(c4ccc(Cl)cc4)CC3)C=C21. The topological polar surface area (TPSA) is 65.8 Å². The summed E-state index contributed by atoms with van der Waals surface area (Å²) in [6, 6.07) is 11.5. The molecule has 188 valence electrons. The second-order valence-electron chi connectivity index (χ2n) is 10.4. The average Bonchev–Trinajstić information content (AvgIpc) is 3.01. The third-order valence-electron chi connectivity index (χ3n) is 7.41. The number of aliphatic hydroxyl groups is 2. The van der Waals surface area contributed by atoms with E-state index in [1.807, 2.05) is 68.5 Å². The predicted molar refractivity (Wildman–Crippen MR) is 144 cm³/mol. The second-order valence-corrected chi connectivity index (χ2v) is 10.9. The number of pyridine rings is 1. The molecule has 1 aromatic heterocycles. The van der Waals surface area contributed by atoms with Gasteiger partial charge in [0.1, 0.15) is 5.76 Å². The number of rotatable bonds is 5. The summed E-state index contributed by atoms with van der Waals surface area (Å²) in [5, 5.41) is 22.7. The fourth-order valence-electron chi connectivity index (χ4n) is 5.29. The van der Waals surface area contributed by atoms with Crippen molar-refractivity contribution in [2.45, 2.75) is 44.3 Å². The molecule has 2 aliphatic heterocycles. The molecule has 2 aromatic rings. The Balaban J connectivity index is 1.32. The summed E-state index contributed by atoms with van der Waals surface area (Å²) < 4.78 is 6.22. The lowest BCUT2D eigenvalue weighted by Gasteiger charge is -2.38. The molecule has 2 N–H and O–H groups in total. The van der Waals surface area contributed by atoms with E-state index in [1.54, 1.807) is 6.20 Å². The Morgan fingerprint density at radius 2 is 1.94 bits per heavy atom. The Hall–Kier alpha value is -2.70. The van der Waals surface area contributed by atoms with Crippen molar-refractivity contribution < 1.29 is 14.9 Å². The van der Waals surface area contributed by atoms with Crippen molar-refractivity contribution in [3.8, 4) is 5.88 Å². The normalized spacial score (nSPS) is 22.7. The van der Waals surface area contributed by atoms with Gasteiger partial charge in [-0.3, -0.25) is 0 Å². The third kappa shape index (κ3) is 5.21. The van der Waals surface area contributed by atoms with E-state index in [4.69, 9.17) is 16.3 Å². The van der Waals surface area contributed by atoms with Crippen LogP contribution in [0.3, 0.4) is 0 Å². The van der Waals surface area contributed by atoms with Crippen molar-refractivity contribution in [2.24, 2.45) is 5.92 Å². The molecule has 36 heavy (non-hydrogen) atoms. The van der Waals surface area contributed by atoms with Crippen LogP contribution in [0.1, 0.15) is 44.2 Å². The number of piperidine rings is 1. The number of likely N-dealkylation sites (tertiary alicyclic amines) is 1. The van der Waals surface area contributed by atoms with Gasteiger partial charge in [-0.05, 0) is 80.7 Å². The van der Waals surface area contributed by atoms with Gasteiger partial charge in [0.2, 0.25) is 5.88 Å². The van der Waals surface area contributed by atoms with Gasteiger partial charge in [0.05, 0.1) is 11.2 Å². The van der Waals surface area contributed by atoms with Crippen molar-refractivity contribution in [1.29, 1.82) is 0 Å². The highest BCUT2D eigenvalue weighted by atomic mass is 35.5. The first-order valence-electron chi connectivity index (χ1n) is 12.6. The van der Waals surface area contributed by atoms with Gasteiger partial charge in [-0.2, -0.15) is 0 Å². The first kappa shape index (κ1) is 25.0. The van der Waals surface area contributed by atoms with Gasteiger partial charge >= 0.3 is 0 Å². The van der Waals surface area contributed by atoms with Gasteiger partial charge in [0.25, 0.3) is 0 Å². The molecule has 5 nitrogen and oxygen atoms in total. The van der Waals surface area contributed by atoms with E-state index < -0.39 is 11.2 Å². The minimum atomic E-state index is -0.922. The van der Waals surface area contributed by atoms with Crippen LogP contribution in [0.5, 0.6) is 5.88 Å². The van der Waals surface area contributed by atoms with Gasteiger partial charge < -0.3 is 19.8 Å². The molecule has 1 atom stereocenters. The largest absolute Gasteiger partial charge is 0.438 e. The molecular formula is C30H33ClN2O3. The van der Waals surface area contributed by atoms with Crippen LogP contribution >= 0.6 is 11.6 Å². The Morgan fingerprint density at radius 3 is 2.67 bits per heavy atom. The zero-order valence-corrected chi connectivity index (χ0v) is 21.6. The van der Waals surface area contributed by atoms with E-state index in [0.717, 1.165) is 54.1 Å². The van der Waals surface area contributed by atoms with Crippen LogP contribution in [0.25, 0.3) is 5.57 Å². The summed E-state index contributed by atoms with van der Waals surface area (Å²) in [7, 11) is 0. The summed E-state index contributed by atoms with van der Waals surface area (Å²) >= 11 is 6.02. The van der Waals surface area contributed by atoms with E-state index in [-0.39, 0.29) is 5.92 Å². The van der Waals surface area contributed by atoms with E-state index in [9.17, 15) is 10.2 Å². The van der Waals surface area contributed by atoms with E-state index >= 15 is 0 Å². The third-order valence-corrected chi connectivity index (χ3v) is 7.66. The molecule has 1 unspecified atom stereocenters. The molecule has 1 aromatic carbocycles. The molecule has 0 amide bonds. The van der Waals surface area contributed by atoms with Crippen molar-refractivity contribution >= 4 is 17.2 Å². The Bertz CT molecular complexity index is 1230. The first-order valence-corrected chi connectivity index (χ1v) is 13.0. The number of benzene rings is 1. The highest BCUT2D eigenvalue weighted by Gasteiger charge is 2.35. The molecule has 0 spiro atoms. The molecule has 0 radical (unpaired) electrons. The average molecular weight is 505 g/mol. The maximum absolute atomic E-state index is 11.2. The number of aromatic nitrogens is 1. The quantitative estimate of drug-likeness (QED) is 0.550. The van der Waals surface area contributed by atoms with Crippen LogP contribution in [-0.4, -0.2) is 45.3 Å². The number of ether oxygens (including phenoxy) is 1. The van der Waals surface area contributed by atoms with Crippen LogP contribution in [0.4, 0.5) is 0 Å². The van der Waals surface area contributed by atoms with Crippen molar-refractivity contribution in [2.75, 3.05) is 19.6 Å². The van der Waals surface area contributed by atoms with E-state index in [2.05, 4.69) is 22.0 Å². The standard InChI is InChI=1S/C30H33ClN2O3/c1-29(2,34)26-8-3-9-27-25(26)20-21(24-7-4-16-32-28(24)36-27)6-5-17-33-18-14-30(35,15-19-33)22-10-12-23(31)13-11-22/h3-4,6-13,16,20,26,34-35H,5,14-15,17-19H2,1-2H3. The maximum atomic E-state index is 11.2. The molecule has 3 aliphatic rings. The number of hydrogen-bond donors (Lipinski definition) is 2. The zero-order valence-electron chi connectivity index (χ0n) is 20.8. The van der Waals surface area contributed by atoms with Gasteiger partial charge in [-0.1, -0.05) is 42.0 Å². The molecule has 6 heteroatoms. The van der Waals surface area contributed by atoms with Crippen LogP contribution in [0.15, 0.2) is 84.3 Å². The number of hydrogen-bond acceptors (Lipinski definition) is 5. The monoisotopic (exact) mass is 504 g/mol. The zero-order chi connectivity index (χ0) is 25.3. The molecule has 1 saturated heterocycles.